The molecule has 1 heterocycles. The van der Waals surface area contributed by atoms with Gasteiger partial charge in [0.2, 0.25) is 0 Å². The van der Waals surface area contributed by atoms with Crippen LogP contribution in [0, 0.1) is 0 Å². The van der Waals surface area contributed by atoms with Crippen molar-refractivity contribution in [2.75, 3.05) is 0 Å². The molecule has 114 valence electrons. The van der Waals surface area contributed by atoms with Gasteiger partial charge in [-0.2, -0.15) is 13.2 Å². The Morgan fingerprint density at radius 2 is 1.81 bits per heavy atom. The van der Waals surface area contributed by atoms with E-state index in [1.165, 1.54) is 0 Å². The molecule has 0 saturated heterocycles. The molecule has 0 unspecified atom stereocenters. The topological polar surface area (TPSA) is 64.7 Å². The van der Waals surface area contributed by atoms with Crippen LogP contribution in [-0.4, -0.2) is 17.8 Å². The van der Waals surface area contributed by atoms with E-state index in [1.807, 2.05) is 0 Å². The first-order chi connectivity index (χ1) is 9.58. The Morgan fingerprint density at radius 1 is 1.29 bits per heavy atom. The number of hydrogen-bond donors (Lipinski definition) is 1. The van der Waals surface area contributed by atoms with Crippen LogP contribution in [-0.2, 0) is 15.2 Å². The van der Waals surface area contributed by atoms with Crippen LogP contribution in [0.25, 0.3) is 0 Å². The lowest BCUT2D eigenvalue weighted by molar-refractivity contribution is -0.275. The molecule has 1 amide bonds. The maximum absolute atomic E-state index is 13.4. The molecule has 0 fully saturated rings. The van der Waals surface area contributed by atoms with Gasteiger partial charge in [-0.05, 0) is 12.1 Å². The number of amides is 1. The van der Waals surface area contributed by atoms with Crippen molar-refractivity contribution >= 4 is 46.4 Å². The molecule has 21 heavy (non-hydrogen) atoms. The van der Waals surface area contributed by atoms with Crippen LogP contribution in [0.3, 0.4) is 0 Å². The largest absolute Gasteiger partial charge is 0.435 e. The summed E-state index contributed by atoms with van der Waals surface area (Å²) in [6.07, 6.45) is -5.76. The van der Waals surface area contributed by atoms with Crippen molar-refractivity contribution < 1.29 is 22.8 Å². The number of benzene rings is 1. The first-order valence-electron chi connectivity index (χ1n) is 5.35. The Hall–Kier alpha value is -1.18. The zero-order chi connectivity index (χ0) is 16.0. The molecule has 0 aliphatic carbocycles. The minimum atomic E-state index is -4.88. The third-order valence-electron chi connectivity index (χ3n) is 2.92. The third-order valence-corrected chi connectivity index (χ3v) is 4.12. The lowest BCUT2D eigenvalue weighted by Crippen LogP contribution is -2.43. The number of carbonyl (C=O) groups is 1. The van der Waals surface area contributed by atoms with Gasteiger partial charge in [0.25, 0.3) is 11.5 Å². The predicted octanol–water partition coefficient (Wildman–Crippen LogP) is 3.67. The summed E-state index contributed by atoms with van der Waals surface area (Å²) in [6.45, 7) is 0. The number of primary amides is 1. The molecule has 10 heteroatoms. The van der Waals surface area contributed by atoms with Crippen LogP contribution in [0.2, 0.25) is 15.1 Å². The van der Waals surface area contributed by atoms with E-state index in [0.717, 1.165) is 12.1 Å². The minimum Gasteiger partial charge on any atom is -0.374 e. The monoisotopic (exact) mass is 360 g/mol. The fourth-order valence-electron chi connectivity index (χ4n) is 1.82. The highest BCUT2D eigenvalue weighted by molar-refractivity contribution is 6.48. The number of nitrogens with two attached hydrogens (primary N) is 1. The molecule has 1 aliphatic rings. The molecule has 0 radical (unpaired) electrons. The van der Waals surface area contributed by atoms with Gasteiger partial charge in [-0.25, -0.2) is 0 Å². The van der Waals surface area contributed by atoms with E-state index in [1.54, 1.807) is 0 Å². The molecule has 0 saturated carbocycles. The molecule has 0 spiro atoms. The van der Waals surface area contributed by atoms with Gasteiger partial charge in [0, 0.05) is 5.56 Å². The lowest BCUT2D eigenvalue weighted by Gasteiger charge is -2.29. The van der Waals surface area contributed by atoms with Crippen LogP contribution < -0.4 is 5.73 Å². The Balaban J connectivity index is 2.57. The zero-order valence-electron chi connectivity index (χ0n) is 9.97. The van der Waals surface area contributed by atoms with Gasteiger partial charge < -0.3 is 10.6 Å². The van der Waals surface area contributed by atoms with E-state index >= 15 is 0 Å². The van der Waals surface area contributed by atoms with E-state index in [4.69, 9.17) is 40.5 Å². The zero-order valence-corrected chi connectivity index (χ0v) is 12.2. The molecule has 1 atom stereocenters. The summed E-state index contributed by atoms with van der Waals surface area (Å²) in [4.78, 5) is 15.5. The SMILES string of the molecule is NC(=O)C1=NO[C@@](c2cc(Cl)c(Cl)c(Cl)c2)(C(F)(F)F)C1. The smallest absolute Gasteiger partial charge is 0.374 e. The second kappa shape index (κ2) is 5.23. The van der Waals surface area contributed by atoms with Gasteiger partial charge in [0.1, 0.15) is 5.71 Å². The van der Waals surface area contributed by atoms with E-state index in [0.29, 0.717) is 0 Å². The number of alkyl halides is 3. The van der Waals surface area contributed by atoms with Crippen LogP contribution >= 0.6 is 34.8 Å². The second-order valence-electron chi connectivity index (χ2n) is 4.25. The van der Waals surface area contributed by atoms with Crippen molar-refractivity contribution in [2.45, 2.75) is 18.2 Å². The maximum atomic E-state index is 13.4. The fourth-order valence-corrected chi connectivity index (χ4v) is 2.42. The van der Waals surface area contributed by atoms with Crippen LogP contribution in [0.4, 0.5) is 13.2 Å². The summed E-state index contributed by atoms with van der Waals surface area (Å²) in [5.41, 5.74) is 1.10. The summed E-state index contributed by atoms with van der Waals surface area (Å²) in [5, 5.41) is 2.66. The van der Waals surface area contributed by atoms with E-state index in [9.17, 15) is 18.0 Å². The Labute approximate surface area is 131 Å². The number of rotatable bonds is 2. The molecule has 2 rings (SSSR count). The summed E-state index contributed by atoms with van der Waals surface area (Å²) in [7, 11) is 0. The van der Waals surface area contributed by atoms with Gasteiger partial charge in [0.15, 0.2) is 0 Å². The Kier molecular flexibility index (Phi) is 4.03. The molecule has 1 aliphatic heterocycles. The highest BCUT2D eigenvalue weighted by Crippen LogP contribution is 2.49. The molecular formula is C11H6Cl3F3N2O2. The predicted molar refractivity (Wildman–Crippen MR) is 71.5 cm³/mol. The van der Waals surface area contributed by atoms with E-state index in [2.05, 4.69) is 9.99 Å². The minimum absolute atomic E-state index is 0.0894. The van der Waals surface area contributed by atoms with Gasteiger partial charge >= 0.3 is 6.18 Å². The second-order valence-corrected chi connectivity index (χ2v) is 5.44. The summed E-state index contributed by atoms with van der Waals surface area (Å²) < 4.78 is 40.3. The lowest BCUT2D eigenvalue weighted by atomic mass is 9.88. The molecule has 1 aromatic rings. The molecule has 1 aromatic carbocycles. The highest BCUT2D eigenvalue weighted by atomic mass is 35.5. The third kappa shape index (κ3) is 2.65. The number of halogens is 6. The average Bonchev–Trinajstić information content (AvgIpc) is 2.81. The fraction of sp³-hybridized carbons (Fsp3) is 0.273. The Morgan fingerprint density at radius 3 is 2.19 bits per heavy atom. The van der Waals surface area contributed by atoms with Gasteiger partial charge in [-0.3, -0.25) is 4.79 Å². The molecule has 4 nitrogen and oxygen atoms in total. The van der Waals surface area contributed by atoms with Crippen molar-refractivity contribution in [2.24, 2.45) is 10.9 Å². The van der Waals surface area contributed by atoms with Crippen molar-refractivity contribution in [3.63, 3.8) is 0 Å². The average molecular weight is 362 g/mol. The first kappa shape index (κ1) is 16.2. The summed E-state index contributed by atoms with van der Waals surface area (Å²) in [5.74, 6) is -1.10. The normalized spacial score (nSPS) is 21.9. The van der Waals surface area contributed by atoms with Crippen LogP contribution in [0.15, 0.2) is 17.3 Å². The van der Waals surface area contributed by atoms with Gasteiger partial charge in [-0.1, -0.05) is 40.0 Å². The van der Waals surface area contributed by atoms with Gasteiger partial charge in [-0.15, -0.1) is 0 Å². The molecule has 2 N–H and O–H groups in total. The number of carbonyl (C=O) groups excluding carboxylic acids is 1. The molecule has 0 bridgehead atoms. The Bertz CT molecular complexity index is 625. The molecule has 0 aromatic heterocycles. The number of nitrogens with zero attached hydrogens (tertiary/aromatic N) is 1. The number of hydrogen-bond acceptors (Lipinski definition) is 3. The quantitative estimate of drug-likeness (QED) is 0.817. The maximum Gasteiger partial charge on any atom is 0.435 e. The van der Waals surface area contributed by atoms with Crippen molar-refractivity contribution in [1.29, 1.82) is 0 Å². The van der Waals surface area contributed by atoms with Gasteiger partial charge in [0.05, 0.1) is 21.5 Å². The van der Waals surface area contributed by atoms with E-state index in [-0.39, 0.29) is 15.1 Å². The number of oxime groups is 1. The van der Waals surface area contributed by atoms with Crippen LogP contribution in [0.1, 0.15) is 12.0 Å². The van der Waals surface area contributed by atoms with Crippen molar-refractivity contribution in [3.8, 4) is 0 Å². The van der Waals surface area contributed by atoms with Crippen LogP contribution in [0.5, 0.6) is 0 Å². The first-order valence-corrected chi connectivity index (χ1v) is 6.48. The standard InChI is InChI=1S/C11H6Cl3F3N2O2/c12-5-1-4(2-6(13)8(5)14)10(11(15,16)17)3-7(9(18)20)19-21-10/h1-2H,3H2,(H2,18,20)/t10-/m0/s1. The van der Waals surface area contributed by atoms with Crippen molar-refractivity contribution in [1.82, 2.24) is 0 Å². The summed E-state index contributed by atoms with van der Waals surface area (Å²) >= 11 is 17.2. The van der Waals surface area contributed by atoms with Crippen molar-refractivity contribution in [3.05, 3.63) is 32.8 Å². The highest BCUT2D eigenvalue weighted by Gasteiger charge is 2.63. The van der Waals surface area contributed by atoms with E-state index < -0.39 is 35.4 Å². The summed E-state index contributed by atoms with van der Waals surface area (Å²) in [6, 6.07) is 1.92. The molecular weight excluding hydrogens is 355 g/mol.